The summed E-state index contributed by atoms with van der Waals surface area (Å²) >= 11 is 0. The number of nitrogens with one attached hydrogen (secondary N) is 2. The van der Waals surface area contributed by atoms with Crippen molar-refractivity contribution in [3.8, 4) is 0 Å². The highest BCUT2D eigenvalue weighted by atomic mass is 16.1. The van der Waals surface area contributed by atoms with Crippen LogP contribution in [0.1, 0.15) is 12.5 Å². The Morgan fingerprint density at radius 2 is 2.33 bits per heavy atom. The van der Waals surface area contributed by atoms with Crippen LogP contribution >= 0.6 is 0 Å². The molecule has 0 aliphatic heterocycles. The van der Waals surface area contributed by atoms with Gasteiger partial charge in [-0.3, -0.25) is 4.79 Å². The van der Waals surface area contributed by atoms with Crippen molar-refractivity contribution in [3.05, 3.63) is 23.9 Å². The number of aromatic nitrogens is 1. The number of carbonyl (C=O) groups is 1. The predicted molar refractivity (Wildman–Crippen MR) is 59.3 cm³/mol. The van der Waals surface area contributed by atoms with E-state index in [0.29, 0.717) is 19.6 Å². The molecule has 1 aromatic heterocycles. The Morgan fingerprint density at radius 3 is 3.00 bits per heavy atom. The summed E-state index contributed by atoms with van der Waals surface area (Å²) in [5.41, 5.74) is 6.53. The van der Waals surface area contributed by atoms with E-state index < -0.39 is 0 Å². The SMILES string of the molecule is CC(=O)NCCNc1ncccc1CN. The van der Waals surface area contributed by atoms with Crippen molar-refractivity contribution in [2.75, 3.05) is 18.4 Å². The molecule has 5 heteroatoms. The van der Waals surface area contributed by atoms with Crippen LogP contribution in [0.3, 0.4) is 0 Å². The van der Waals surface area contributed by atoms with Gasteiger partial charge in [0.05, 0.1) is 0 Å². The summed E-state index contributed by atoms with van der Waals surface area (Å²) in [5.74, 6) is 0.752. The quantitative estimate of drug-likeness (QED) is 0.599. The van der Waals surface area contributed by atoms with E-state index >= 15 is 0 Å². The van der Waals surface area contributed by atoms with Crippen LogP contribution in [0.4, 0.5) is 5.82 Å². The normalized spacial score (nSPS) is 9.73. The maximum absolute atomic E-state index is 10.6. The Kier molecular flexibility index (Phi) is 4.56. The number of anilines is 1. The van der Waals surface area contributed by atoms with Gasteiger partial charge >= 0.3 is 0 Å². The molecule has 0 aliphatic carbocycles. The summed E-state index contributed by atoms with van der Waals surface area (Å²) < 4.78 is 0. The summed E-state index contributed by atoms with van der Waals surface area (Å²) in [6.45, 7) is 3.17. The van der Waals surface area contributed by atoms with Crippen LogP contribution in [0.2, 0.25) is 0 Å². The Balaban J connectivity index is 2.39. The van der Waals surface area contributed by atoms with Gasteiger partial charge in [0.15, 0.2) is 0 Å². The molecule has 0 radical (unpaired) electrons. The lowest BCUT2D eigenvalue weighted by molar-refractivity contribution is -0.118. The van der Waals surface area contributed by atoms with Gasteiger partial charge in [0.25, 0.3) is 0 Å². The Morgan fingerprint density at radius 1 is 1.53 bits per heavy atom. The van der Waals surface area contributed by atoms with Crippen LogP contribution in [-0.2, 0) is 11.3 Å². The molecule has 15 heavy (non-hydrogen) atoms. The van der Waals surface area contributed by atoms with Crippen LogP contribution in [0.15, 0.2) is 18.3 Å². The number of hydrogen-bond acceptors (Lipinski definition) is 4. The zero-order chi connectivity index (χ0) is 11.1. The van der Waals surface area contributed by atoms with Gasteiger partial charge in [-0.15, -0.1) is 0 Å². The van der Waals surface area contributed by atoms with E-state index in [1.165, 1.54) is 6.92 Å². The summed E-state index contributed by atoms with van der Waals surface area (Å²) in [6.07, 6.45) is 1.71. The van der Waals surface area contributed by atoms with Crippen LogP contribution < -0.4 is 16.4 Å². The van der Waals surface area contributed by atoms with E-state index in [2.05, 4.69) is 15.6 Å². The third kappa shape index (κ3) is 3.95. The fourth-order valence-corrected chi connectivity index (χ4v) is 1.18. The molecule has 0 atom stereocenters. The number of hydrogen-bond donors (Lipinski definition) is 3. The molecule has 0 spiro atoms. The molecule has 82 valence electrons. The first-order valence-corrected chi connectivity index (χ1v) is 4.86. The van der Waals surface area contributed by atoms with Crippen molar-refractivity contribution in [1.82, 2.24) is 10.3 Å². The second kappa shape index (κ2) is 5.98. The smallest absolute Gasteiger partial charge is 0.216 e. The van der Waals surface area contributed by atoms with Crippen molar-refractivity contribution in [2.24, 2.45) is 5.73 Å². The van der Waals surface area contributed by atoms with Crippen LogP contribution in [0.5, 0.6) is 0 Å². The average Bonchev–Trinajstić information content (AvgIpc) is 2.24. The lowest BCUT2D eigenvalue weighted by Crippen LogP contribution is -2.26. The molecule has 1 rings (SSSR count). The summed E-state index contributed by atoms with van der Waals surface area (Å²) in [5, 5.41) is 5.81. The van der Waals surface area contributed by atoms with Crippen molar-refractivity contribution < 1.29 is 4.79 Å². The number of rotatable bonds is 5. The van der Waals surface area contributed by atoms with Crippen molar-refractivity contribution in [1.29, 1.82) is 0 Å². The van der Waals surface area contributed by atoms with Gasteiger partial charge in [-0.25, -0.2) is 4.98 Å². The maximum atomic E-state index is 10.6. The van der Waals surface area contributed by atoms with Gasteiger partial charge in [-0.1, -0.05) is 6.07 Å². The van der Waals surface area contributed by atoms with Gasteiger partial charge in [0, 0.05) is 38.3 Å². The van der Waals surface area contributed by atoms with E-state index in [4.69, 9.17) is 5.73 Å². The van der Waals surface area contributed by atoms with E-state index in [1.807, 2.05) is 12.1 Å². The Hall–Kier alpha value is -1.62. The maximum Gasteiger partial charge on any atom is 0.216 e. The third-order valence-corrected chi connectivity index (χ3v) is 1.90. The largest absolute Gasteiger partial charge is 0.368 e. The minimum absolute atomic E-state index is 0.0307. The van der Waals surface area contributed by atoms with E-state index in [9.17, 15) is 4.79 Å². The zero-order valence-electron chi connectivity index (χ0n) is 8.79. The summed E-state index contributed by atoms with van der Waals surface area (Å²) in [6, 6.07) is 3.77. The van der Waals surface area contributed by atoms with Crippen LogP contribution in [0, 0.1) is 0 Å². The molecule has 0 saturated heterocycles. The topological polar surface area (TPSA) is 80.0 Å². The van der Waals surface area contributed by atoms with Gasteiger partial charge in [0.1, 0.15) is 5.82 Å². The van der Waals surface area contributed by atoms with E-state index in [-0.39, 0.29) is 5.91 Å². The molecule has 1 amide bonds. The minimum Gasteiger partial charge on any atom is -0.368 e. The minimum atomic E-state index is -0.0307. The van der Waals surface area contributed by atoms with Gasteiger partial charge in [0.2, 0.25) is 5.91 Å². The van der Waals surface area contributed by atoms with Crippen molar-refractivity contribution in [2.45, 2.75) is 13.5 Å². The van der Waals surface area contributed by atoms with Crippen LogP contribution in [0.25, 0.3) is 0 Å². The number of pyridine rings is 1. The van der Waals surface area contributed by atoms with E-state index in [0.717, 1.165) is 11.4 Å². The Labute approximate surface area is 89.1 Å². The molecule has 0 saturated carbocycles. The second-order valence-electron chi connectivity index (χ2n) is 3.12. The molecule has 4 N–H and O–H groups in total. The Bertz CT molecular complexity index is 327. The molecule has 5 nitrogen and oxygen atoms in total. The molecular weight excluding hydrogens is 192 g/mol. The predicted octanol–water partition coefficient (Wildman–Crippen LogP) is 0.0883. The molecular formula is C10H16N4O. The first-order chi connectivity index (χ1) is 7.24. The van der Waals surface area contributed by atoms with Crippen molar-refractivity contribution >= 4 is 11.7 Å². The first-order valence-electron chi connectivity index (χ1n) is 4.86. The number of nitrogens with zero attached hydrogens (tertiary/aromatic N) is 1. The van der Waals surface area contributed by atoms with E-state index in [1.54, 1.807) is 6.20 Å². The highest BCUT2D eigenvalue weighted by Gasteiger charge is 1.99. The summed E-state index contributed by atoms with van der Waals surface area (Å²) in [4.78, 5) is 14.8. The molecule has 0 unspecified atom stereocenters. The monoisotopic (exact) mass is 208 g/mol. The molecule has 1 heterocycles. The lowest BCUT2D eigenvalue weighted by atomic mass is 10.2. The fraction of sp³-hybridized carbons (Fsp3) is 0.400. The number of nitrogens with two attached hydrogens (primary N) is 1. The zero-order valence-corrected chi connectivity index (χ0v) is 8.79. The highest BCUT2D eigenvalue weighted by molar-refractivity contribution is 5.72. The summed E-state index contributed by atoms with van der Waals surface area (Å²) in [7, 11) is 0. The number of amides is 1. The average molecular weight is 208 g/mol. The van der Waals surface area contributed by atoms with Gasteiger partial charge in [-0.2, -0.15) is 0 Å². The molecule has 0 bridgehead atoms. The third-order valence-electron chi connectivity index (χ3n) is 1.90. The van der Waals surface area contributed by atoms with Crippen molar-refractivity contribution in [3.63, 3.8) is 0 Å². The molecule has 0 fully saturated rings. The van der Waals surface area contributed by atoms with Gasteiger partial charge in [-0.05, 0) is 6.07 Å². The highest BCUT2D eigenvalue weighted by Crippen LogP contribution is 2.09. The van der Waals surface area contributed by atoms with Gasteiger partial charge < -0.3 is 16.4 Å². The molecule has 0 aromatic carbocycles. The number of carbonyl (C=O) groups excluding carboxylic acids is 1. The molecule has 0 aliphatic rings. The second-order valence-corrected chi connectivity index (χ2v) is 3.12. The van der Waals surface area contributed by atoms with Crippen LogP contribution in [-0.4, -0.2) is 24.0 Å². The lowest BCUT2D eigenvalue weighted by Gasteiger charge is -2.09. The fourth-order valence-electron chi connectivity index (χ4n) is 1.18. The molecule has 1 aromatic rings. The standard InChI is InChI=1S/C10H16N4O/c1-8(15)12-5-6-14-10-9(7-11)3-2-4-13-10/h2-4H,5-7,11H2,1H3,(H,12,15)(H,13,14). The first kappa shape index (κ1) is 11.5.